The molecule has 0 bridgehead atoms. The van der Waals surface area contributed by atoms with Gasteiger partial charge < -0.3 is 10.2 Å². The molecule has 110 valence electrons. The van der Waals surface area contributed by atoms with E-state index in [1.807, 2.05) is 25.1 Å². The van der Waals surface area contributed by atoms with Crippen molar-refractivity contribution in [2.24, 2.45) is 0 Å². The van der Waals surface area contributed by atoms with E-state index >= 15 is 0 Å². The van der Waals surface area contributed by atoms with E-state index in [1.165, 1.54) is 12.3 Å². The lowest BCUT2D eigenvalue weighted by atomic mass is 10.2. The van der Waals surface area contributed by atoms with Gasteiger partial charge in [-0.2, -0.15) is 0 Å². The molecular weight excluding hydrogens is 333 g/mol. The van der Waals surface area contributed by atoms with Crippen LogP contribution in [0.15, 0.2) is 30.5 Å². The van der Waals surface area contributed by atoms with Crippen LogP contribution in [0.2, 0.25) is 15.2 Å². The van der Waals surface area contributed by atoms with Crippen molar-refractivity contribution in [3.8, 4) is 0 Å². The van der Waals surface area contributed by atoms with Gasteiger partial charge in [0.2, 0.25) is 0 Å². The summed E-state index contributed by atoms with van der Waals surface area (Å²) in [6.07, 6.45) is 1.36. The van der Waals surface area contributed by atoms with E-state index in [0.29, 0.717) is 16.3 Å². The first-order chi connectivity index (χ1) is 9.88. The normalized spacial score (nSPS) is 10.3. The fourth-order valence-electron chi connectivity index (χ4n) is 1.70. The molecule has 1 aromatic heterocycles. The lowest BCUT2D eigenvalue weighted by Crippen LogP contribution is -2.13. The fraction of sp³-hybridized carbons (Fsp3) is 0.143. The van der Waals surface area contributed by atoms with Crippen molar-refractivity contribution in [2.75, 3.05) is 24.3 Å². The van der Waals surface area contributed by atoms with Crippen molar-refractivity contribution in [2.45, 2.75) is 0 Å². The minimum absolute atomic E-state index is 0.159. The van der Waals surface area contributed by atoms with Gasteiger partial charge in [-0.15, -0.1) is 0 Å². The van der Waals surface area contributed by atoms with Crippen molar-refractivity contribution in [1.82, 2.24) is 4.98 Å². The largest absolute Gasteiger partial charge is 0.376 e. The Hall–Kier alpha value is -1.49. The number of anilines is 2. The number of carbonyl (C=O) groups is 1. The quantitative estimate of drug-likeness (QED) is 0.841. The van der Waals surface area contributed by atoms with E-state index in [-0.39, 0.29) is 16.1 Å². The third-order valence-electron chi connectivity index (χ3n) is 2.75. The molecule has 0 spiro atoms. The Morgan fingerprint density at radius 1 is 1.14 bits per heavy atom. The molecule has 0 radical (unpaired) electrons. The fourth-order valence-corrected chi connectivity index (χ4v) is 2.32. The van der Waals surface area contributed by atoms with E-state index in [2.05, 4.69) is 10.3 Å². The first-order valence-corrected chi connectivity index (χ1v) is 7.11. The molecule has 1 aromatic carbocycles. The van der Waals surface area contributed by atoms with Gasteiger partial charge in [-0.05, 0) is 24.3 Å². The van der Waals surface area contributed by atoms with E-state index in [9.17, 15) is 4.79 Å². The lowest BCUT2D eigenvalue weighted by Gasteiger charge is -2.15. The predicted octanol–water partition coefficient (Wildman–Crippen LogP) is 4.36. The molecule has 4 nitrogen and oxygen atoms in total. The van der Waals surface area contributed by atoms with Gasteiger partial charge in [0, 0.05) is 26.0 Å². The maximum atomic E-state index is 12.1. The molecule has 2 aromatic rings. The van der Waals surface area contributed by atoms with Crippen LogP contribution >= 0.6 is 34.8 Å². The number of benzene rings is 1. The summed E-state index contributed by atoms with van der Waals surface area (Å²) in [6.45, 7) is 0. The average molecular weight is 345 g/mol. The monoisotopic (exact) mass is 343 g/mol. The summed E-state index contributed by atoms with van der Waals surface area (Å²) in [5.41, 5.74) is 1.77. The molecule has 0 aliphatic rings. The Labute approximate surface area is 137 Å². The Balaban J connectivity index is 2.19. The summed E-state index contributed by atoms with van der Waals surface area (Å²) in [6, 6.07) is 6.73. The number of amides is 1. The summed E-state index contributed by atoms with van der Waals surface area (Å²) in [4.78, 5) is 17.8. The number of pyridine rings is 1. The maximum absolute atomic E-state index is 12.1. The molecule has 1 heterocycles. The van der Waals surface area contributed by atoms with Gasteiger partial charge in [0.05, 0.1) is 21.3 Å². The zero-order chi connectivity index (χ0) is 15.6. The highest BCUT2D eigenvalue weighted by atomic mass is 35.5. The zero-order valence-electron chi connectivity index (χ0n) is 11.3. The van der Waals surface area contributed by atoms with Crippen molar-refractivity contribution in [3.05, 3.63) is 51.2 Å². The summed E-state index contributed by atoms with van der Waals surface area (Å²) in [7, 11) is 3.78. The van der Waals surface area contributed by atoms with Gasteiger partial charge >= 0.3 is 0 Å². The van der Waals surface area contributed by atoms with Gasteiger partial charge in [0.15, 0.2) is 0 Å². The number of rotatable bonds is 3. The Bertz CT molecular complexity index is 689. The number of hydrogen-bond acceptors (Lipinski definition) is 3. The number of carbonyl (C=O) groups excluding carboxylic acids is 1. The maximum Gasteiger partial charge on any atom is 0.257 e. The Kier molecular flexibility index (Phi) is 4.93. The molecule has 0 saturated heterocycles. The van der Waals surface area contributed by atoms with Crippen molar-refractivity contribution in [3.63, 3.8) is 0 Å². The second kappa shape index (κ2) is 6.52. The van der Waals surface area contributed by atoms with Crippen LogP contribution in [0, 0.1) is 0 Å². The second-order valence-corrected chi connectivity index (χ2v) is 5.68. The molecule has 1 N–H and O–H groups in total. The van der Waals surface area contributed by atoms with Crippen molar-refractivity contribution in [1.29, 1.82) is 0 Å². The van der Waals surface area contributed by atoms with Gasteiger partial charge in [-0.25, -0.2) is 4.98 Å². The van der Waals surface area contributed by atoms with Crippen LogP contribution in [-0.2, 0) is 0 Å². The Morgan fingerprint density at radius 3 is 2.43 bits per heavy atom. The molecule has 2 rings (SSSR count). The first kappa shape index (κ1) is 15.9. The number of hydrogen-bond donors (Lipinski definition) is 1. The topological polar surface area (TPSA) is 45.2 Å². The number of nitrogens with one attached hydrogen (secondary N) is 1. The van der Waals surface area contributed by atoms with E-state index in [4.69, 9.17) is 34.8 Å². The summed E-state index contributed by atoms with van der Waals surface area (Å²) >= 11 is 17.7. The molecule has 0 fully saturated rings. The lowest BCUT2D eigenvalue weighted by molar-refractivity contribution is 0.102. The Morgan fingerprint density at radius 2 is 1.86 bits per heavy atom. The number of aromatic nitrogens is 1. The summed E-state index contributed by atoms with van der Waals surface area (Å²) in [5.74, 6) is -0.338. The molecule has 0 aliphatic carbocycles. The molecular formula is C14H12Cl3N3O. The molecule has 21 heavy (non-hydrogen) atoms. The van der Waals surface area contributed by atoms with Crippen molar-refractivity contribution >= 4 is 52.1 Å². The third kappa shape index (κ3) is 3.79. The van der Waals surface area contributed by atoms with Gasteiger partial charge in [-0.3, -0.25) is 4.79 Å². The smallest absolute Gasteiger partial charge is 0.257 e. The second-order valence-electron chi connectivity index (χ2n) is 4.51. The van der Waals surface area contributed by atoms with Crippen LogP contribution in [0.25, 0.3) is 0 Å². The molecule has 0 saturated carbocycles. The zero-order valence-corrected chi connectivity index (χ0v) is 13.6. The standard InChI is InChI=1S/C14H12Cl3N3O/c1-20(2)12-4-3-9(6-10(12)15)19-14(21)8-5-11(16)13(17)18-7-8/h3-7H,1-2H3,(H,19,21). The number of halogens is 3. The summed E-state index contributed by atoms with van der Waals surface area (Å²) in [5, 5.41) is 3.66. The van der Waals surface area contributed by atoms with Gasteiger partial charge in [-0.1, -0.05) is 34.8 Å². The third-order valence-corrected chi connectivity index (χ3v) is 3.73. The summed E-state index contributed by atoms with van der Waals surface area (Å²) < 4.78 is 0. The van der Waals surface area contributed by atoms with Gasteiger partial charge in [0.25, 0.3) is 5.91 Å². The van der Waals surface area contributed by atoms with Crippen molar-refractivity contribution < 1.29 is 4.79 Å². The van der Waals surface area contributed by atoms with Crippen LogP contribution < -0.4 is 10.2 Å². The minimum Gasteiger partial charge on any atom is -0.376 e. The highest BCUT2D eigenvalue weighted by Crippen LogP contribution is 2.28. The van der Waals surface area contributed by atoms with E-state index in [1.54, 1.807) is 12.1 Å². The van der Waals surface area contributed by atoms with E-state index < -0.39 is 0 Å². The van der Waals surface area contributed by atoms with Crippen LogP contribution in [-0.4, -0.2) is 25.0 Å². The molecule has 0 unspecified atom stereocenters. The highest BCUT2D eigenvalue weighted by molar-refractivity contribution is 6.41. The van der Waals surface area contributed by atoms with Crippen LogP contribution in [0.3, 0.4) is 0 Å². The van der Waals surface area contributed by atoms with Crippen LogP contribution in [0.5, 0.6) is 0 Å². The predicted molar refractivity (Wildman–Crippen MR) is 88.0 cm³/mol. The first-order valence-electron chi connectivity index (χ1n) is 5.97. The molecule has 1 amide bonds. The molecule has 0 atom stereocenters. The van der Waals surface area contributed by atoms with E-state index in [0.717, 1.165) is 5.69 Å². The molecule has 0 aliphatic heterocycles. The van der Waals surface area contributed by atoms with Gasteiger partial charge in [0.1, 0.15) is 5.15 Å². The van der Waals surface area contributed by atoms with Crippen LogP contribution in [0.1, 0.15) is 10.4 Å². The highest BCUT2D eigenvalue weighted by Gasteiger charge is 2.11. The van der Waals surface area contributed by atoms with Crippen LogP contribution in [0.4, 0.5) is 11.4 Å². The minimum atomic E-state index is -0.338. The number of nitrogens with zero attached hydrogens (tertiary/aromatic N) is 2. The SMILES string of the molecule is CN(C)c1ccc(NC(=O)c2cnc(Cl)c(Cl)c2)cc1Cl. The molecule has 7 heteroatoms. The average Bonchev–Trinajstić information content (AvgIpc) is 2.41.